The molecule has 2 aromatic carbocycles. The first-order valence-corrected chi connectivity index (χ1v) is 9.18. The lowest BCUT2D eigenvalue weighted by Gasteiger charge is -2.22. The van der Waals surface area contributed by atoms with Crippen LogP contribution in [0.15, 0.2) is 47.7 Å². The van der Waals surface area contributed by atoms with E-state index < -0.39 is 23.4 Å². The Kier molecular flexibility index (Phi) is 4.35. The van der Waals surface area contributed by atoms with Crippen LogP contribution in [-0.4, -0.2) is 25.0 Å². The second-order valence-corrected chi connectivity index (χ2v) is 7.34. The van der Waals surface area contributed by atoms with E-state index in [0.29, 0.717) is 16.4 Å². The predicted molar refractivity (Wildman–Crippen MR) is 106 cm³/mol. The first-order valence-electron chi connectivity index (χ1n) is 8.80. The van der Waals surface area contributed by atoms with Crippen molar-refractivity contribution in [3.05, 3.63) is 69.4 Å². The minimum Gasteiger partial charge on any atom is -0.465 e. The first-order chi connectivity index (χ1) is 13.8. The molecule has 148 valence electrons. The smallest absolute Gasteiger partial charge is 0.357 e. The molecule has 2 aliphatic rings. The average molecular weight is 413 g/mol. The van der Waals surface area contributed by atoms with Crippen LogP contribution in [0.5, 0.6) is 0 Å². The third kappa shape index (κ3) is 2.77. The summed E-state index contributed by atoms with van der Waals surface area (Å²) in [5, 5.41) is 5.93. The largest absolute Gasteiger partial charge is 0.465 e. The van der Waals surface area contributed by atoms with Crippen LogP contribution < -0.4 is 10.6 Å². The van der Waals surface area contributed by atoms with Crippen LogP contribution in [0.2, 0.25) is 5.02 Å². The number of hydrogen-bond donors (Lipinski definition) is 2. The number of amides is 1. The highest BCUT2D eigenvalue weighted by atomic mass is 35.5. The van der Waals surface area contributed by atoms with E-state index in [1.165, 1.54) is 13.2 Å². The van der Waals surface area contributed by atoms with E-state index in [0.717, 1.165) is 11.1 Å². The third-order valence-corrected chi connectivity index (χ3v) is 5.25. The molecule has 0 aliphatic carbocycles. The van der Waals surface area contributed by atoms with E-state index in [2.05, 4.69) is 10.6 Å². The molecule has 29 heavy (non-hydrogen) atoms. The Bertz CT molecular complexity index is 1120. The summed E-state index contributed by atoms with van der Waals surface area (Å²) in [6, 6.07) is 10.2. The normalized spacial score (nSPS) is 19.9. The van der Waals surface area contributed by atoms with Gasteiger partial charge in [-0.05, 0) is 43.7 Å². The maximum Gasteiger partial charge on any atom is 0.357 e. The maximum atomic E-state index is 13.0. The number of methoxy groups -OCH3 is 1. The number of hydrogen-bond acceptors (Lipinski definition) is 6. The van der Waals surface area contributed by atoms with Gasteiger partial charge in [-0.3, -0.25) is 4.79 Å². The molecule has 2 aliphatic heterocycles. The van der Waals surface area contributed by atoms with Gasteiger partial charge < -0.3 is 20.1 Å². The highest BCUT2D eigenvalue weighted by Crippen LogP contribution is 2.50. The van der Waals surface area contributed by atoms with Gasteiger partial charge in [-0.2, -0.15) is 0 Å². The van der Waals surface area contributed by atoms with Crippen molar-refractivity contribution < 1.29 is 23.9 Å². The molecule has 2 N–H and O–H groups in total. The molecule has 0 radical (unpaired) electrons. The zero-order chi connectivity index (χ0) is 20.9. The highest BCUT2D eigenvalue weighted by Gasteiger charge is 2.62. The Morgan fingerprint density at radius 2 is 1.93 bits per heavy atom. The van der Waals surface area contributed by atoms with E-state index in [9.17, 15) is 14.4 Å². The topological polar surface area (TPSA) is 93.7 Å². The second kappa shape index (κ2) is 6.63. The minimum atomic E-state index is -1.97. The van der Waals surface area contributed by atoms with Gasteiger partial charge in [0.25, 0.3) is 11.5 Å². The molecule has 1 amide bonds. The fourth-order valence-electron chi connectivity index (χ4n) is 3.67. The Morgan fingerprint density at radius 1 is 1.17 bits per heavy atom. The van der Waals surface area contributed by atoms with Gasteiger partial charge in [0.2, 0.25) is 0 Å². The van der Waals surface area contributed by atoms with E-state index in [-0.39, 0.29) is 16.8 Å². The summed E-state index contributed by atoms with van der Waals surface area (Å²) in [5.74, 6) is -2.36. The molecule has 0 aromatic heterocycles. The summed E-state index contributed by atoms with van der Waals surface area (Å²) >= 11 is 6.10. The molecule has 0 saturated carbocycles. The van der Waals surface area contributed by atoms with E-state index in [1.807, 2.05) is 26.0 Å². The Labute approximate surface area is 171 Å². The standard InChI is InChI=1S/C21H17ClN2O5/c1-10-4-6-14(11(2)8-10)23-17-16(18(25)28-3)21(29-19(17)26)13-9-12(22)5-7-15(13)24-20(21)27/h4-9,23H,1-3H3,(H,24,27). The van der Waals surface area contributed by atoms with Crippen LogP contribution in [0, 0.1) is 13.8 Å². The van der Waals surface area contributed by atoms with Crippen molar-refractivity contribution in [2.45, 2.75) is 19.4 Å². The molecular weight excluding hydrogens is 396 g/mol. The zero-order valence-corrected chi connectivity index (χ0v) is 16.6. The van der Waals surface area contributed by atoms with E-state index in [1.54, 1.807) is 18.2 Å². The summed E-state index contributed by atoms with van der Waals surface area (Å²) < 4.78 is 10.4. The third-order valence-electron chi connectivity index (χ3n) is 5.01. The molecule has 4 rings (SSSR count). The molecule has 2 aromatic rings. The fraction of sp³-hybridized carbons (Fsp3) is 0.190. The molecule has 8 heteroatoms. The number of aryl methyl sites for hydroxylation is 2. The summed E-state index contributed by atoms with van der Waals surface area (Å²) in [5.41, 5.74) is 0.850. The molecule has 7 nitrogen and oxygen atoms in total. The maximum absolute atomic E-state index is 13.0. The average Bonchev–Trinajstić information content (AvgIpc) is 3.11. The van der Waals surface area contributed by atoms with Crippen LogP contribution in [0.25, 0.3) is 0 Å². The number of benzene rings is 2. The van der Waals surface area contributed by atoms with Crippen molar-refractivity contribution in [2.75, 3.05) is 17.7 Å². The first kappa shape index (κ1) is 19.0. The monoisotopic (exact) mass is 412 g/mol. The van der Waals surface area contributed by atoms with Crippen LogP contribution >= 0.6 is 11.6 Å². The number of fused-ring (bicyclic) bond motifs is 2. The summed E-state index contributed by atoms with van der Waals surface area (Å²) in [4.78, 5) is 38.5. The van der Waals surface area contributed by atoms with Gasteiger partial charge in [0.05, 0.1) is 7.11 Å². The zero-order valence-electron chi connectivity index (χ0n) is 15.9. The number of carbonyl (C=O) groups excluding carboxylic acids is 3. The molecule has 2 heterocycles. The molecule has 0 bridgehead atoms. The molecule has 1 unspecified atom stereocenters. The number of rotatable bonds is 3. The molecule has 1 atom stereocenters. The summed E-state index contributed by atoms with van der Waals surface area (Å²) in [7, 11) is 1.17. The highest BCUT2D eigenvalue weighted by molar-refractivity contribution is 6.31. The van der Waals surface area contributed by atoms with Crippen molar-refractivity contribution in [2.24, 2.45) is 0 Å². The van der Waals surface area contributed by atoms with Crippen molar-refractivity contribution in [3.63, 3.8) is 0 Å². The predicted octanol–water partition coefficient (Wildman–Crippen LogP) is 3.20. The van der Waals surface area contributed by atoms with Crippen molar-refractivity contribution in [3.8, 4) is 0 Å². The van der Waals surface area contributed by atoms with Gasteiger partial charge in [0.15, 0.2) is 0 Å². The van der Waals surface area contributed by atoms with E-state index in [4.69, 9.17) is 21.1 Å². The Balaban J connectivity index is 1.94. The van der Waals surface area contributed by atoms with Gasteiger partial charge >= 0.3 is 11.9 Å². The SMILES string of the molecule is COC(=O)C1=C(Nc2ccc(C)cc2C)C(=O)OC12C(=O)Nc1ccc(Cl)cc12. The minimum absolute atomic E-state index is 0.147. The van der Waals surface area contributed by atoms with Gasteiger partial charge in [-0.25, -0.2) is 9.59 Å². The van der Waals surface area contributed by atoms with Gasteiger partial charge in [0.1, 0.15) is 11.3 Å². The molecular formula is C21H17ClN2O5. The number of carbonyl (C=O) groups is 3. The van der Waals surface area contributed by atoms with Gasteiger partial charge in [-0.1, -0.05) is 29.3 Å². The van der Waals surface area contributed by atoms with Crippen LogP contribution in [-0.2, 0) is 29.5 Å². The number of halogens is 1. The fourth-order valence-corrected chi connectivity index (χ4v) is 3.84. The van der Waals surface area contributed by atoms with Crippen LogP contribution in [0.3, 0.4) is 0 Å². The number of ether oxygens (including phenoxy) is 2. The second-order valence-electron chi connectivity index (χ2n) is 6.90. The number of nitrogens with one attached hydrogen (secondary N) is 2. The lowest BCUT2D eigenvalue weighted by atomic mass is 9.87. The van der Waals surface area contributed by atoms with Crippen molar-refractivity contribution in [1.82, 2.24) is 0 Å². The van der Waals surface area contributed by atoms with Crippen LogP contribution in [0.4, 0.5) is 11.4 Å². The number of esters is 2. The number of anilines is 2. The lowest BCUT2D eigenvalue weighted by Crippen LogP contribution is -2.39. The quantitative estimate of drug-likeness (QED) is 0.752. The molecule has 0 saturated heterocycles. The Hall–Kier alpha value is -3.32. The van der Waals surface area contributed by atoms with Gasteiger partial charge in [-0.15, -0.1) is 0 Å². The van der Waals surface area contributed by atoms with Crippen LogP contribution in [0.1, 0.15) is 16.7 Å². The van der Waals surface area contributed by atoms with Crippen molar-refractivity contribution in [1.29, 1.82) is 0 Å². The molecule has 1 spiro atoms. The summed E-state index contributed by atoms with van der Waals surface area (Å²) in [6.07, 6.45) is 0. The lowest BCUT2D eigenvalue weighted by molar-refractivity contribution is -0.156. The van der Waals surface area contributed by atoms with Gasteiger partial charge in [0, 0.05) is 22.0 Å². The Morgan fingerprint density at radius 3 is 2.62 bits per heavy atom. The van der Waals surface area contributed by atoms with Crippen molar-refractivity contribution >= 4 is 40.8 Å². The summed E-state index contributed by atoms with van der Waals surface area (Å²) in [6.45, 7) is 3.80. The van der Waals surface area contributed by atoms with E-state index >= 15 is 0 Å². The molecule has 0 fully saturated rings.